The topological polar surface area (TPSA) is 0 Å². The lowest BCUT2D eigenvalue weighted by molar-refractivity contribution is -0.0696. The third kappa shape index (κ3) is 5.27. The minimum absolute atomic E-state index is 0.0278. The molecule has 3 aromatic rings. The van der Waals surface area contributed by atoms with Crippen LogP contribution in [0.25, 0.3) is 10.8 Å². The van der Waals surface area contributed by atoms with Gasteiger partial charge in [0, 0.05) is 22.4 Å². The largest absolute Gasteiger partial charge is 0.458 e. The standard InChI is InChI=1S/C25H15F5/c1-2-3-4-17-5-7-18(8-6-17)9-10-19-11-12-21-20(15-19)16-23(26)22(24(21)27)13-14-25(28,29)30/h2,5-8,11-12,15-16H,1,3-4H2. The molecule has 0 spiro atoms. The van der Waals surface area contributed by atoms with Crippen molar-refractivity contribution in [3.63, 3.8) is 0 Å². The fourth-order valence-electron chi connectivity index (χ4n) is 2.82. The zero-order chi connectivity index (χ0) is 21.7. The Morgan fingerprint density at radius 3 is 2.20 bits per heavy atom. The Labute approximate surface area is 171 Å². The van der Waals surface area contributed by atoms with Crippen molar-refractivity contribution in [2.75, 3.05) is 0 Å². The highest BCUT2D eigenvalue weighted by atomic mass is 19.4. The normalized spacial score (nSPS) is 10.7. The van der Waals surface area contributed by atoms with Gasteiger partial charge in [-0.2, -0.15) is 13.2 Å². The van der Waals surface area contributed by atoms with Crippen LogP contribution in [0.2, 0.25) is 0 Å². The average Bonchev–Trinajstić information content (AvgIpc) is 2.70. The Kier molecular flexibility index (Phi) is 6.23. The Morgan fingerprint density at radius 1 is 0.867 bits per heavy atom. The van der Waals surface area contributed by atoms with Gasteiger partial charge in [-0.3, -0.25) is 0 Å². The van der Waals surface area contributed by atoms with Crippen molar-refractivity contribution in [1.29, 1.82) is 0 Å². The lowest BCUT2D eigenvalue weighted by Crippen LogP contribution is -2.02. The third-order valence-electron chi connectivity index (χ3n) is 4.30. The van der Waals surface area contributed by atoms with E-state index in [0.717, 1.165) is 30.4 Å². The van der Waals surface area contributed by atoms with E-state index >= 15 is 0 Å². The number of fused-ring (bicyclic) bond motifs is 1. The first-order valence-corrected chi connectivity index (χ1v) is 9.00. The first-order chi connectivity index (χ1) is 14.3. The quantitative estimate of drug-likeness (QED) is 0.261. The van der Waals surface area contributed by atoms with Gasteiger partial charge in [-0.05, 0) is 54.1 Å². The van der Waals surface area contributed by atoms with E-state index in [1.54, 1.807) is 0 Å². The monoisotopic (exact) mass is 410 g/mol. The lowest BCUT2D eigenvalue weighted by Gasteiger charge is -2.05. The van der Waals surface area contributed by atoms with Crippen LogP contribution in [0, 0.1) is 35.3 Å². The highest BCUT2D eigenvalue weighted by Crippen LogP contribution is 2.25. The van der Waals surface area contributed by atoms with Gasteiger partial charge in [0.05, 0.1) is 5.56 Å². The van der Waals surface area contributed by atoms with E-state index < -0.39 is 23.4 Å². The van der Waals surface area contributed by atoms with Crippen LogP contribution < -0.4 is 0 Å². The number of hydrogen-bond donors (Lipinski definition) is 0. The summed E-state index contributed by atoms with van der Waals surface area (Å²) in [6.07, 6.45) is -1.20. The maximum atomic E-state index is 14.5. The second kappa shape index (κ2) is 8.84. The molecule has 3 rings (SSSR count). The SMILES string of the molecule is C=CCCc1ccc(C#Cc2ccc3c(F)c(C#CC(F)(F)F)c(F)cc3c2)cc1. The molecular formula is C25H15F5. The van der Waals surface area contributed by atoms with Crippen LogP contribution >= 0.6 is 0 Å². The Morgan fingerprint density at radius 2 is 1.53 bits per heavy atom. The first-order valence-electron chi connectivity index (χ1n) is 9.00. The van der Waals surface area contributed by atoms with Gasteiger partial charge in [0.2, 0.25) is 0 Å². The second-order valence-corrected chi connectivity index (χ2v) is 6.51. The van der Waals surface area contributed by atoms with Crippen molar-refractivity contribution in [3.8, 4) is 23.7 Å². The van der Waals surface area contributed by atoms with Gasteiger partial charge in [-0.1, -0.05) is 42.0 Å². The summed E-state index contributed by atoms with van der Waals surface area (Å²) in [6, 6.07) is 13.0. The summed E-state index contributed by atoms with van der Waals surface area (Å²) in [5.74, 6) is 6.05. The third-order valence-corrected chi connectivity index (χ3v) is 4.30. The van der Waals surface area contributed by atoms with Crippen LogP contribution in [0.5, 0.6) is 0 Å². The number of benzene rings is 3. The molecule has 0 aromatic heterocycles. The molecule has 150 valence electrons. The minimum atomic E-state index is -4.84. The molecule has 0 aliphatic heterocycles. The molecule has 0 aliphatic carbocycles. The Hall–Kier alpha value is -3.57. The van der Waals surface area contributed by atoms with Crippen LogP contribution in [-0.2, 0) is 6.42 Å². The molecule has 3 aromatic carbocycles. The molecule has 0 atom stereocenters. The molecule has 0 saturated heterocycles. The van der Waals surface area contributed by atoms with Crippen molar-refractivity contribution in [2.45, 2.75) is 19.0 Å². The number of hydrogen-bond acceptors (Lipinski definition) is 0. The molecule has 0 amide bonds. The fourth-order valence-corrected chi connectivity index (χ4v) is 2.82. The summed E-state index contributed by atoms with van der Waals surface area (Å²) in [7, 11) is 0. The molecule has 0 saturated carbocycles. The summed E-state index contributed by atoms with van der Waals surface area (Å²) < 4.78 is 65.3. The van der Waals surface area contributed by atoms with E-state index in [0.29, 0.717) is 5.56 Å². The number of aryl methyl sites for hydroxylation is 1. The molecular weight excluding hydrogens is 395 g/mol. The Bertz CT molecular complexity index is 1210. The minimum Gasteiger partial charge on any atom is -0.205 e. The summed E-state index contributed by atoms with van der Waals surface area (Å²) in [5.41, 5.74) is 1.57. The molecule has 5 heteroatoms. The van der Waals surface area contributed by atoms with Gasteiger partial charge in [0.1, 0.15) is 11.6 Å². The number of alkyl halides is 3. The molecule has 0 bridgehead atoms. The van der Waals surface area contributed by atoms with Gasteiger partial charge < -0.3 is 0 Å². The summed E-state index contributed by atoms with van der Waals surface area (Å²) >= 11 is 0. The van der Waals surface area contributed by atoms with Crippen molar-refractivity contribution in [3.05, 3.63) is 95.1 Å². The molecule has 0 aliphatic rings. The predicted octanol–water partition coefficient (Wildman–Crippen LogP) is 6.55. The van der Waals surface area contributed by atoms with Gasteiger partial charge >= 0.3 is 6.18 Å². The fraction of sp³-hybridized carbons (Fsp3) is 0.120. The van der Waals surface area contributed by atoms with Gasteiger partial charge in [0.25, 0.3) is 0 Å². The highest BCUT2D eigenvalue weighted by Gasteiger charge is 2.23. The average molecular weight is 410 g/mol. The van der Waals surface area contributed by atoms with E-state index in [-0.39, 0.29) is 10.8 Å². The van der Waals surface area contributed by atoms with E-state index in [1.165, 1.54) is 29.7 Å². The molecule has 0 unspecified atom stereocenters. The van der Waals surface area contributed by atoms with Gasteiger partial charge in [0.15, 0.2) is 0 Å². The number of rotatable bonds is 3. The maximum absolute atomic E-state index is 14.5. The van der Waals surface area contributed by atoms with E-state index in [4.69, 9.17) is 0 Å². The van der Waals surface area contributed by atoms with E-state index in [9.17, 15) is 22.0 Å². The number of allylic oxidation sites excluding steroid dienone is 1. The molecule has 0 fully saturated rings. The van der Waals surface area contributed by atoms with Gasteiger partial charge in [-0.25, -0.2) is 8.78 Å². The van der Waals surface area contributed by atoms with E-state index in [2.05, 4.69) is 18.4 Å². The molecule has 0 radical (unpaired) electrons. The number of halogens is 5. The van der Waals surface area contributed by atoms with E-state index in [1.807, 2.05) is 30.3 Å². The summed E-state index contributed by atoms with van der Waals surface area (Å²) in [6.45, 7) is 3.69. The smallest absolute Gasteiger partial charge is 0.205 e. The van der Waals surface area contributed by atoms with Crippen LogP contribution in [0.4, 0.5) is 22.0 Å². The zero-order valence-electron chi connectivity index (χ0n) is 15.7. The molecule has 30 heavy (non-hydrogen) atoms. The van der Waals surface area contributed by atoms with Crippen molar-refractivity contribution < 1.29 is 22.0 Å². The summed E-state index contributed by atoms with van der Waals surface area (Å²) in [4.78, 5) is 0. The van der Waals surface area contributed by atoms with Crippen LogP contribution in [0.15, 0.2) is 61.2 Å². The maximum Gasteiger partial charge on any atom is 0.458 e. The second-order valence-electron chi connectivity index (χ2n) is 6.51. The first kappa shape index (κ1) is 21.1. The van der Waals surface area contributed by atoms with Crippen molar-refractivity contribution >= 4 is 10.8 Å². The predicted molar refractivity (Wildman–Crippen MR) is 108 cm³/mol. The summed E-state index contributed by atoms with van der Waals surface area (Å²) in [5, 5.41) is 0.161. The van der Waals surface area contributed by atoms with Crippen molar-refractivity contribution in [1.82, 2.24) is 0 Å². The van der Waals surface area contributed by atoms with Crippen LogP contribution in [0.1, 0.15) is 28.7 Å². The highest BCUT2D eigenvalue weighted by molar-refractivity contribution is 5.86. The molecule has 0 N–H and O–H groups in total. The van der Waals surface area contributed by atoms with Crippen molar-refractivity contribution in [2.24, 2.45) is 0 Å². The van der Waals surface area contributed by atoms with Crippen LogP contribution in [0.3, 0.4) is 0 Å². The van der Waals surface area contributed by atoms with Crippen LogP contribution in [-0.4, -0.2) is 6.18 Å². The lowest BCUT2D eigenvalue weighted by atomic mass is 10.0. The Balaban J connectivity index is 1.90. The molecule has 0 heterocycles. The zero-order valence-corrected chi connectivity index (χ0v) is 15.7. The molecule has 0 nitrogen and oxygen atoms in total. The van der Waals surface area contributed by atoms with Gasteiger partial charge in [-0.15, -0.1) is 6.58 Å².